The number of aliphatic carboxylic acids is 1. The zero-order valence-electron chi connectivity index (χ0n) is 5.34. The van der Waals surface area contributed by atoms with E-state index in [0.29, 0.717) is 0 Å². The predicted octanol–water partition coefficient (Wildman–Crippen LogP) is 0.0486. The van der Waals surface area contributed by atoms with Crippen molar-refractivity contribution >= 4 is 29.2 Å². The second-order valence-corrected chi connectivity index (χ2v) is 2.27. The van der Waals surface area contributed by atoms with Crippen LogP contribution < -0.4 is 0 Å². The third-order valence-electron chi connectivity index (χ3n) is 0.329. The highest BCUT2D eigenvalue weighted by Gasteiger charge is 2.03. The molecule has 0 unspecified atom stereocenters. The zero-order chi connectivity index (χ0) is 7.86. The minimum atomic E-state index is -0.977. The van der Waals surface area contributed by atoms with E-state index in [1.54, 1.807) is 0 Å². The maximum Gasteiger partial charge on any atom is 0.306 e. The summed E-state index contributed by atoms with van der Waals surface area (Å²) >= 11 is 10.1. The van der Waals surface area contributed by atoms with Crippen LogP contribution in [0.1, 0.15) is 6.42 Å². The lowest BCUT2D eigenvalue weighted by molar-refractivity contribution is -0.136. The number of alkyl halides is 2. The molecule has 0 fully saturated rings. The molecule has 0 spiro atoms. The highest BCUT2D eigenvalue weighted by atomic mass is 35.5. The normalized spacial score (nSPS) is 7.30. The smallest absolute Gasteiger partial charge is 0.306 e. The standard InChI is InChI=1S/C3H4Cl2O2.CH4O.H2O/c4-2(5)1-3(6)7;1-2;/h2H,1H2,(H,6,7);2H,1H3;1H2. The van der Waals surface area contributed by atoms with E-state index in [9.17, 15) is 4.79 Å². The van der Waals surface area contributed by atoms with Gasteiger partial charge in [0, 0.05) is 7.11 Å². The number of rotatable bonds is 2. The number of carboxylic acids is 1. The van der Waals surface area contributed by atoms with E-state index >= 15 is 0 Å². The van der Waals surface area contributed by atoms with Crippen molar-refractivity contribution in [2.75, 3.05) is 7.11 Å². The van der Waals surface area contributed by atoms with E-state index in [-0.39, 0.29) is 11.9 Å². The molecule has 0 aromatic carbocycles. The average molecular weight is 193 g/mol. The van der Waals surface area contributed by atoms with Crippen molar-refractivity contribution in [3.63, 3.8) is 0 Å². The van der Waals surface area contributed by atoms with Gasteiger partial charge in [0.1, 0.15) is 4.84 Å². The van der Waals surface area contributed by atoms with Crippen LogP contribution in [0.3, 0.4) is 0 Å². The molecule has 0 saturated heterocycles. The molecule has 0 aliphatic heterocycles. The van der Waals surface area contributed by atoms with Crippen molar-refractivity contribution in [2.24, 2.45) is 0 Å². The molecule has 0 heterocycles. The highest BCUT2D eigenvalue weighted by Crippen LogP contribution is 2.05. The van der Waals surface area contributed by atoms with E-state index in [4.69, 9.17) is 33.4 Å². The topological polar surface area (TPSA) is 89.0 Å². The maximum atomic E-state index is 9.64. The second-order valence-electron chi connectivity index (χ2n) is 0.989. The molecule has 0 saturated carbocycles. The Kier molecular flexibility index (Phi) is 19.4. The van der Waals surface area contributed by atoms with Crippen LogP contribution >= 0.6 is 23.2 Å². The van der Waals surface area contributed by atoms with Crippen molar-refractivity contribution in [1.29, 1.82) is 0 Å². The Balaban J connectivity index is -0.000000149. The van der Waals surface area contributed by atoms with Crippen LogP contribution in [0.25, 0.3) is 0 Å². The summed E-state index contributed by atoms with van der Waals surface area (Å²) in [6.07, 6.45) is -0.191. The number of aliphatic hydroxyl groups excluding tert-OH is 1. The van der Waals surface area contributed by atoms with Crippen LogP contribution in [0.2, 0.25) is 0 Å². The molecule has 4 nitrogen and oxygen atoms in total. The van der Waals surface area contributed by atoms with Crippen LogP contribution in [0.5, 0.6) is 0 Å². The first kappa shape index (κ1) is 16.5. The SMILES string of the molecule is CO.O.O=C(O)CC(Cl)Cl. The molecule has 0 aliphatic rings. The van der Waals surface area contributed by atoms with Crippen LogP contribution in [-0.4, -0.2) is 33.6 Å². The number of carboxylic acid groups (broad SMARTS) is 1. The summed E-state index contributed by atoms with van der Waals surface area (Å²) in [5.41, 5.74) is 0. The molecule has 4 N–H and O–H groups in total. The maximum absolute atomic E-state index is 9.64. The Bertz CT molecular complexity index is 75.7. The number of hydrogen-bond donors (Lipinski definition) is 2. The van der Waals surface area contributed by atoms with Gasteiger partial charge in [0.2, 0.25) is 0 Å². The second kappa shape index (κ2) is 11.7. The van der Waals surface area contributed by atoms with Gasteiger partial charge < -0.3 is 15.7 Å². The Hall–Kier alpha value is -0.0300. The van der Waals surface area contributed by atoms with Gasteiger partial charge in [-0.3, -0.25) is 4.79 Å². The van der Waals surface area contributed by atoms with Gasteiger partial charge in [-0.15, -0.1) is 23.2 Å². The number of aliphatic hydroxyl groups is 1. The summed E-state index contributed by atoms with van der Waals surface area (Å²) in [6, 6.07) is 0. The fraction of sp³-hybridized carbons (Fsp3) is 0.750. The Morgan fingerprint density at radius 1 is 1.50 bits per heavy atom. The monoisotopic (exact) mass is 192 g/mol. The lowest BCUT2D eigenvalue weighted by Gasteiger charge is -1.89. The first-order chi connectivity index (χ1) is 4.13. The molecule has 0 aromatic rings. The van der Waals surface area contributed by atoms with Crippen LogP contribution in [0.4, 0.5) is 0 Å². The molecule has 0 radical (unpaired) electrons. The van der Waals surface area contributed by atoms with E-state index < -0.39 is 10.8 Å². The molecular weight excluding hydrogens is 183 g/mol. The Morgan fingerprint density at radius 3 is 1.80 bits per heavy atom. The number of carbonyl (C=O) groups is 1. The van der Waals surface area contributed by atoms with Crippen molar-refractivity contribution in [2.45, 2.75) is 11.3 Å². The fourth-order valence-electron chi connectivity index (χ4n) is 0.132. The van der Waals surface area contributed by atoms with Crippen molar-refractivity contribution in [1.82, 2.24) is 0 Å². The van der Waals surface area contributed by atoms with Crippen LogP contribution in [0, 0.1) is 0 Å². The molecular formula is C4H10Cl2O4. The summed E-state index contributed by atoms with van der Waals surface area (Å²) in [5, 5.41) is 14.9. The molecule has 0 aromatic heterocycles. The van der Waals surface area contributed by atoms with E-state index in [0.717, 1.165) is 7.11 Å². The largest absolute Gasteiger partial charge is 0.481 e. The number of hydrogen-bond acceptors (Lipinski definition) is 2. The zero-order valence-corrected chi connectivity index (χ0v) is 6.85. The third kappa shape index (κ3) is 24.6. The summed E-state index contributed by atoms with van der Waals surface area (Å²) in [7, 11) is 1.00. The number of halogens is 2. The molecule has 0 bridgehead atoms. The Labute approximate surface area is 68.7 Å². The van der Waals surface area contributed by atoms with Gasteiger partial charge in [-0.25, -0.2) is 0 Å². The molecule has 10 heavy (non-hydrogen) atoms. The van der Waals surface area contributed by atoms with E-state index in [1.165, 1.54) is 0 Å². The molecule has 0 atom stereocenters. The van der Waals surface area contributed by atoms with Gasteiger partial charge in [0.05, 0.1) is 6.42 Å². The van der Waals surface area contributed by atoms with Gasteiger partial charge in [-0.1, -0.05) is 0 Å². The molecule has 0 rings (SSSR count). The van der Waals surface area contributed by atoms with Crippen molar-refractivity contribution < 1.29 is 20.5 Å². The van der Waals surface area contributed by atoms with Crippen molar-refractivity contribution in [3.05, 3.63) is 0 Å². The highest BCUT2D eigenvalue weighted by molar-refractivity contribution is 6.44. The lowest BCUT2D eigenvalue weighted by Crippen LogP contribution is -1.99. The fourth-order valence-corrected chi connectivity index (χ4v) is 0.396. The predicted molar refractivity (Wildman–Crippen MR) is 39.5 cm³/mol. The average Bonchev–Trinajstić information content (AvgIpc) is 1.68. The molecule has 0 aliphatic carbocycles. The minimum Gasteiger partial charge on any atom is -0.481 e. The molecule has 6 heteroatoms. The van der Waals surface area contributed by atoms with Gasteiger partial charge in [-0.05, 0) is 0 Å². The summed E-state index contributed by atoms with van der Waals surface area (Å²) in [6.45, 7) is 0. The van der Waals surface area contributed by atoms with E-state index in [2.05, 4.69) is 0 Å². The summed E-state index contributed by atoms with van der Waals surface area (Å²) < 4.78 is 0. The third-order valence-corrected chi connectivity index (χ3v) is 0.638. The minimum absolute atomic E-state index is 0. The first-order valence-electron chi connectivity index (χ1n) is 2.07. The van der Waals surface area contributed by atoms with Crippen molar-refractivity contribution in [3.8, 4) is 0 Å². The van der Waals surface area contributed by atoms with Gasteiger partial charge in [0.25, 0.3) is 0 Å². The first-order valence-corrected chi connectivity index (χ1v) is 2.95. The van der Waals surface area contributed by atoms with Gasteiger partial charge >= 0.3 is 5.97 Å². The molecule has 0 amide bonds. The quantitative estimate of drug-likeness (QED) is 0.607. The lowest BCUT2D eigenvalue weighted by atomic mass is 10.5. The van der Waals surface area contributed by atoms with E-state index in [1.807, 2.05) is 0 Å². The Morgan fingerprint density at radius 2 is 1.80 bits per heavy atom. The van der Waals surface area contributed by atoms with Gasteiger partial charge in [-0.2, -0.15) is 0 Å². The summed E-state index contributed by atoms with van der Waals surface area (Å²) in [4.78, 5) is 8.86. The van der Waals surface area contributed by atoms with Crippen LogP contribution in [0.15, 0.2) is 0 Å². The van der Waals surface area contributed by atoms with Gasteiger partial charge in [0.15, 0.2) is 0 Å². The van der Waals surface area contributed by atoms with Crippen LogP contribution in [-0.2, 0) is 4.79 Å². The summed E-state index contributed by atoms with van der Waals surface area (Å²) in [5.74, 6) is -0.977. The molecule has 64 valence electrons.